The fourth-order valence-electron chi connectivity index (χ4n) is 3.26. The van der Waals surface area contributed by atoms with Crippen LogP contribution in [-0.2, 0) is 22.6 Å². The van der Waals surface area contributed by atoms with Crippen molar-refractivity contribution in [2.24, 2.45) is 0 Å². The van der Waals surface area contributed by atoms with Crippen LogP contribution < -0.4 is 4.74 Å². The van der Waals surface area contributed by atoms with E-state index in [0.29, 0.717) is 54.9 Å². The predicted molar refractivity (Wildman–Crippen MR) is 112 cm³/mol. The molecule has 1 fully saturated rings. The fraction of sp³-hybridized carbons (Fsp3) is 0.333. The van der Waals surface area contributed by atoms with Crippen molar-refractivity contribution < 1.29 is 19.4 Å². The molecule has 8 heteroatoms. The zero-order valence-corrected chi connectivity index (χ0v) is 17.3. The van der Waals surface area contributed by atoms with Crippen molar-refractivity contribution in [3.63, 3.8) is 0 Å². The maximum absolute atomic E-state index is 12.6. The van der Waals surface area contributed by atoms with E-state index in [9.17, 15) is 9.59 Å². The molecule has 0 radical (unpaired) electrons. The first-order valence-electron chi connectivity index (χ1n) is 9.29. The molecule has 1 N–H and O–H groups in total. The van der Waals surface area contributed by atoms with Gasteiger partial charge in [0.05, 0.1) is 6.42 Å². The summed E-state index contributed by atoms with van der Waals surface area (Å²) in [5.41, 5.74) is 1.66. The molecule has 0 atom stereocenters. The second-order valence-electron chi connectivity index (χ2n) is 6.86. The SMILES string of the molecule is O=C(O)COc1ccc(Cl)cc1CN1CCN(C(=O)Cc2ccccc2Cl)CC1. The number of rotatable bonds is 7. The number of carbonyl (C=O) groups excluding carboxylic acids is 1. The van der Waals surface area contributed by atoms with Gasteiger partial charge in [0.1, 0.15) is 5.75 Å². The standard InChI is InChI=1S/C21H22Cl2N2O4/c22-17-5-6-19(29-14-21(27)28)16(11-17)13-24-7-9-25(10-8-24)20(26)12-15-3-1-2-4-18(15)23/h1-6,11H,7-10,12-14H2,(H,27,28). The molecular formula is C21H22Cl2N2O4. The van der Waals surface area contributed by atoms with Gasteiger partial charge in [-0.25, -0.2) is 4.79 Å². The minimum Gasteiger partial charge on any atom is -0.482 e. The monoisotopic (exact) mass is 436 g/mol. The molecule has 3 rings (SSSR count). The third-order valence-electron chi connectivity index (χ3n) is 4.79. The molecule has 0 bridgehead atoms. The van der Waals surface area contributed by atoms with Gasteiger partial charge in [0, 0.05) is 48.3 Å². The van der Waals surface area contributed by atoms with Crippen LogP contribution in [0.15, 0.2) is 42.5 Å². The van der Waals surface area contributed by atoms with E-state index in [2.05, 4.69) is 4.90 Å². The molecule has 29 heavy (non-hydrogen) atoms. The second kappa shape index (κ2) is 9.96. The Labute approximate surface area is 179 Å². The van der Waals surface area contributed by atoms with E-state index in [4.69, 9.17) is 33.0 Å². The lowest BCUT2D eigenvalue weighted by Gasteiger charge is -2.35. The van der Waals surface area contributed by atoms with Gasteiger partial charge in [-0.1, -0.05) is 41.4 Å². The maximum Gasteiger partial charge on any atom is 0.341 e. The van der Waals surface area contributed by atoms with Crippen molar-refractivity contribution in [1.82, 2.24) is 9.80 Å². The lowest BCUT2D eigenvalue weighted by atomic mass is 10.1. The summed E-state index contributed by atoms with van der Waals surface area (Å²) >= 11 is 12.3. The normalized spacial score (nSPS) is 14.6. The Morgan fingerprint density at radius 3 is 2.41 bits per heavy atom. The number of carbonyl (C=O) groups is 2. The molecule has 154 valence electrons. The Hall–Kier alpha value is -2.28. The number of ether oxygens (including phenoxy) is 1. The molecular weight excluding hydrogens is 415 g/mol. The molecule has 1 heterocycles. The number of carboxylic acid groups (broad SMARTS) is 1. The van der Waals surface area contributed by atoms with Gasteiger partial charge >= 0.3 is 5.97 Å². The summed E-state index contributed by atoms with van der Waals surface area (Å²) in [4.78, 5) is 27.4. The van der Waals surface area contributed by atoms with Crippen LogP contribution in [0.2, 0.25) is 10.0 Å². The molecule has 1 aliphatic heterocycles. The van der Waals surface area contributed by atoms with Crippen LogP contribution in [0, 0.1) is 0 Å². The van der Waals surface area contributed by atoms with Gasteiger partial charge in [0.2, 0.25) is 5.91 Å². The van der Waals surface area contributed by atoms with Crippen LogP contribution in [0.1, 0.15) is 11.1 Å². The van der Waals surface area contributed by atoms with Crippen LogP contribution in [0.3, 0.4) is 0 Å². The average Bonchev–Trinajstić information content (AvgIpc) is 2.69. The van der Waals surface area contributed by atoms with Crippen molar-refractivity contribution in [3.8, 4) is 5.75 Å². The van der Waals surface area contributed by atoms with Gasteiger partial charge in [-0.05, 0) is 29.8 Å². The Bertz CT molecular complexity index is 883. The first-order valence-corrected chi connectivity index (χ1v) is 10.0. The van der Waals surface area contributed by atoms with E-state index in [0.717, 1.165) is 11.1 Å². The Kier molecular flexibility index (Phi) is 7.36. The number of aliphatic carboxylic acids is 1. The van der Waals surface area contributed by atoms with Gasteiger partial charge in [0.25, 0.3) is 0 Å². The summed E-state index contributed by atoms with van der Waals surface area (Å²) in [5.74, 6) is -0.462. The average molecular weight is 437 g/mol. The van der Waals surface area contributed by atoms with Gasteiger partial charge in [0.15, 0.2) is 6.61 Å². The van der Waals surface area contributed by atoms with E-state index in [-0.39, 0.29) is 5.91 Å². The Morgan fingerprint density at radius 1 is 1.00 bits per heavy atom. The van der Waals surface area contributed by atoms with Crippen LogP contribution in [0.4, 0.5) is 0 Å². The number of amides is 1. The molecule has 2 aromatic carbocycles. The lowest BCUT2D eigenvalue weighted by Crippen LogP contribution is -2.48. The largest absolute Gasteiger partial charge is 0.482 e. The number of hydrogen-bond donors (Lipinski definition) is 1. The molecule has 0 unspecified atom stereocenters. The topological polar surface area (TPSA) is 70.1 Å². The van der Waals surface area contributed by atoms with E-state index in [1.54, 1.807) is 24.3 Å². The molecule has 0 saturated carbocycles. The molecule has 2 aromatic rings. The van der Waals surface area contributed by atoms with Crippen LogP contribution >= 0.6 is 23.2 Å². The summed E-state index contributed by atoms with van der Waals surface area (Å²) in [6.45, 7) is 2.82. The van der Waals surface area contributed by atoms with Crippen LogP contribution in [-0.4, -0.2) is 59.6 Å². The molecule has 0 spiro atoms. The van der Waals surface area contributed by atoms with Crippen molar-refractivity contribution >= 4 is 35.1 Å². The highest BCUT2D eigenvalue weighted by atomic mass is 35.5. The maximum atomic E-state index is 12.6. The Balaban J connectivity index is 1.56. The summed E-state index contributed by atoms with van der Waals surface area (Å²) in [5, 5.41) is 10.0. The zero-order chi connectivity index (χ0) is 20.8. The summed E-state index contributed by atoms with van der Waals surface area (Å²) < 4.78 is 5.37. The molecule has 1 amide bonds. The first-order chi connectivity index (χ1) is 13.9. The van der Waals surface area contributed by atoms with E-state index in [1.807, 2.05) is 23.1 Å². The van der Waals surface area contributed by atoms with E-state index < -0.39 is 12.6 Å². The molecule has 1 aliphatic rings. The first kappa shape index (κ1) is 21.4. The van der Waals surface area contributed by atoms with Crippen molar-refractivity contribution in [2.75, 3.05) is 32.8 Å². The van der Waals surface area contributed by atoms with Crippen molar-refractivity contribution in [1.29, 1.82) is 0 Å². The number of hydrogen-bond acceptors (Lipinski definition) is 4. The molecule has 6 nitrogen and oxygen atoms in total. The van der Waals surface area contributed by atoms with E-state index >= 15 is 0 Å². The summed E-state index contributed by atoms with van der Waals surface area (Å²) in [7, 11) is 0. The number of benzene rings is 2. The summed E-state index contributed by atoms with van der Waals surface area (Å²) in [6.07, 6.45) is 0.293. The minimum absolute atomic E-state index is 0.0611. The third kappa shape index (κ3) is 6.10. The number of piperazine rings is 1. The third-order valence-corrected chi connectivity index (χ3v) is 5.40. The van der Waals surface area contributed by atoms with Gasteiger partial charge in [-0.2, -0.15) is 0 Å². The number of carboxylic acids is 1. The van der Waals surface area contributed by atoms with E-state index in [1.165, 1.54) is 0 Å². The van der Waals surface area contributed by atoms with Crippen LogP contribution in [0.25, 0.3) is 0 Å². The minimum atomic E-state index is -1.03. The zero-order valence-electron chi connectivity index (χ0n) is 15.8. The van der Waals surface area contributed by atoms with Crippen LogP contribution in [0.5, 0.6) is 5.75 Å². The quantitative estimate of drug-likeness (QED) is 0.720. The second-order valence-corrected chi connectivity index (χ2v) is 7.70. The van der Waals surface area contributed by atoms with Crippen molar-refractivity contribution in [2.45, 2.75) is 13.0 Å². The highest BCUT2D eigenvalue weighted by Gasteiger charge is 2.22. The lowest BCUT2D eigenvalue weighted by molar-refractivity contribution is -0.139. The summed E-state index contributed by atoms with van der Waals surface area (Å²) in [6, 6.07) is 12.5. The molecule has 0 aromatic heterocycles. The fourth-order valence-corrected chi connectivity index (χ4v) is 3.66. The van der Waals surface area contributed by atoms with Gasteiger partial charge in [-0.3, -0.25) is 9.69 Å². The number of nitrogens with zero attached hydrogens (tertiary/aromatic N) is 2. The molecule has 0 aliphatic carbocycles. The van der Waals surface area contributed by atoms with Gasteiger partial charge in [-0.15, -0.1) is 0 Å². The van der Waals surface area contributed by atoms with Gasteiger partial charge < -0.3 is 14.7 Å². The number of halogens is 2. The highest BCUT2D eigenvalue weighted by molar-refractivity contribution is 6.31. The predicted octanol–water partition coefficient (Wildman–Crippen LogP) is 3.34. The highest BCUT2D eigenvalue weighted by Crippen LogP contribution is 2.25. The Morgan fingerprint density at radius 2 is 1.72 bits per heavy atom. The molecule has 1 saturated heterocycles. The van der Waals surface area contributed by atoms with Crippen molar-refractivity contribution in [3.05, 3.63) is 63.6 Å². The smallest absolute Gasteiger partial charge is 0.341 e.